The van der Waals surface area contributed by atoms with E-state index in [1.807, 2.05) is 0 Å². The van der Waals surface area contributed by atoms with Gasteiger partial charge in [-0.2, -0.15) is 0 Å². The Balaban J connectivity index is 1.84. The van der Waals surface area contributed by atoms with Crippen molar-refractivity contribution in [2.75, 3.05) is 19.8 Å². The SMILES string of the molecule is NCC1CCCCC1C(=O)NC1CCOCC1. The first-order valence-corrected chi connectivity index (χ1v) is 6.89. The molecule has 2 unspecified atom stereocenters. The molecule has 2 rings (SSSR count). The molecule has 1 saturated heterocycles. The van der Waals surface area contributed by atoms with E-state index < -0.39 is 0 Å². The van der Waals surface area contributed by atoms with Crippen molar-refractivity contribution in [3.8, 4) is 0 Å². The van der Waals surface area contributed by atoms with Crippen molar-refractivity contribution in [1.29, 1.82) is 0 Å². The standard InChI is InChI=1S/C13H24N2O2/c14-9-10-3-1-2-4-12(10)13(16)15-11-5-7-17-8-6-11/h10-12H,1-9,14H2,(H,15,16). The van der Waals surface area contributed by atoms with E-state index in [1.165, 1.54) is 12.8 Å². The third kappa shape index (κ3) is 3.42. The molecule has 1 saturated carbocycles. The summed E-state index contributed by atoms with van der Waals surface area (Å²) in [6, 6.07) is 0.316. The molecule has 0 aromatic rings. The van der Waals surface area contributed by atoms with E-state index in [2.05, 4.69) is 5.32 Å². The molecule has 4 heteroatoms. The second-order valence-electron chi connectivity index (χ2n) is 5.28. The van der Waals surface area contributed by atoms with Crippen LogP contribution in [0.25, 0.3) is 0 Å². The van der Waals surface area contributed by atoms with Crippen LogP contribution in [0.15, 0.2) is 0 Å². The predicted molar refractivity (Wildman–Crippen MR) is 66.5 cm³/mol. The largest absolute Gasteiger partial charge is 0.381 e. The molecule has 0 aromatic heterocycles. The molecule has 1 amide bonds. The summed E-state index contributed by atoms with van der Waals surface area (Å²) in [4.78, 5) is 12.2. The Bertz CT molecular complexity index is 252. The molecule has 98 valence electrons. The molecule has 3 N–H and O–H groups in total. The number of amides is 1. The molecule has 0 aromatic carbocycles. The summed E-state index contributed by atoms with van der Waals surface area (Å²) in [6.45, 7) is 2.19. The number of nitrogens with two attached hydrogens (primary N) is 1. The smallest absolute Gasteiger partial charge is 0.223 e. The number of carbonyl (C=O) groups excluding carboxylic acids is 1. The molecule has 4 nitrogen and oxygen atoms in total. The highest BCUT2D eigenvalue weighted by atomic mass is 16.5. The quantitative estimate of drug-likeness (QED) is 0.775. The van der Waals surface area contributed by atoms with Gasteiger partial charge in [-0.25, -0.2) is 0 Å². The molecule has 1 heterocycles. The zero-order valence-electron chi connectivity index (χ0n) is 10.5. The minimum Gasteiger partial charge on any atom is -0.381 e. The van der Waals surface area contributed by atoms with Crippen LogP contribution in [-0.4, -0.2) is 31.7 Å². The highest BCUT2D eigenvalue weighted by Crippen LogP contribution is 2.29. The molecule has 1 aliphatic heterocycles. The summed E-state index contributed by atoms with van der Waals surface area (Å²) in [5.74, 6) is 0.771. The Labute approximate surface area is 103 Å². The van der Waals surface area contributed by atoms with Crippen LogP contribution in [0.1, 0.15) is 38.5 Å². The van der Waals surface area contributed by atoms with E-state index >= 15 is 0 Å². The van der Waals surface area contributed by atoms with Gasteiger partial charge in [-0.05, 0) is 38.1 Å². The van der Waals surface area contributed by atoms with Crippen LogP contribution in [0.3, 0.4) is 0 Å². The van der Waals surface area contributed by atoms with Crippen molar-refractivity contribution in [2.45, 2.75) is 44.6 Å². The van der Waals surface area contributed by atoms with Crippen molar-refractivity contribution < 1.29 is 9.53 Å². The highest BCUT2D eigenvalue weighted by molar-refractivity contribution is 5.79. The van der Waals surface area contributed by atoms with Gasteiger partial charge in [0.25, 0.3) is 0 Å². The van der Waals surface area contributed by atoms with Crippen LogP contribution in [0.4, 0.5) is 0 Å². The van der Waals surface area contributed by atoms with Crippen LogP contribution in [-0.2, 0) is 9.53 Å². The molecule has 1 aliphatic carbocycles. The Morgan fingerprint density at radius 3 is 2.59 bits per heavy atom. The lowest BCUT2D eigenvalue weighted by molar-refractivity contribution is -0.129. The van der Waals surface area contributed by atoms with E-state index in [1.54, 1.807) is 0 Å². The number of nitrogens with one attached hydrogen (secondary N) is 1. The fraction of sp³-hybridized carbons (Fsp3) is 0.923. The lowest BCUT2D eigenvalue weighted by atomic mass is 9.78. The summed E-state index contributed by atoms with van der Waals surface area (Å²) < 4.78 is 5.30. The van der Waals surface area contributed by atoms with Crippen LogP contribution in [0.5, 0.6) is 0 Å². The lowest BCUT2D eigenvalue weighted by Crippen LogP contribution is -2.45. The lowest BCUT2D eigenvalue weighted by Gasteiger charge is -2.32. The summed E-state index contributed by atoms with van der Waals surface area (Å²) in [6.07, 6.45) is 6.42. The first-order chi connectivity index (χ1) is 8.31. The third-order valence-electron chi connectivity index (χ3n) is 4.12. The second kappa shape index (κ2) is 6.36. The van der Waals surface area contributed by atoms with Crippen LogP contribution in [0, 0.1) is 11.8 Å². The molecule has 17 heavy (non-hydrogen) atoms. The number of hydrogen-bond acceptors (Lipinski definition) is 3. The Morgan fingerprint density at radius 1 is 1.18 bits per heavy atom. The van der Waals surface area contributed by atoms with Gasteiger partial charge in [0.05, 0.1) is 0 Å². The minimum absolute atomic E-state index is 0.150. The average Bonchev–Trinajstić information content (AvgIpc) is 2.40. The Hall–Kier alpha value is -0.610. The Morgan fingerprint density at radius 2 is 1.88 bits per heavy atom. The van der Waals surface area contributed by atoms with Gasteiger partial charge < -0.3 is 15.8 Å². The van der Waals surface area contributed by atoms with Crippen LogP contribution < -0.4 is 11.1 Å². The Kier molecular flexibility index (Phi) is 4.80. The number of carbonyl (C=O) groups is 1. The molecule has 2 atom stereocenters. The van der Waals surface area contributed by atoms with Gasteiger partial charge >= 0.3 is 0 Å². The van der Waals surface area contributed by atoms with E-state index in [9.17, 15) is 4.79 Å². The van der Waals surface area contributed by atoms with Gasteiger partial charge in [0.2, 0.25) is 5.91 Å². The maximum atomic E-state index is 12.2. The number of rotatable bonds is 3. The molecule has 0 radical (unpaired) electrons. The van der Waals surface area contributed by atoms with Crippen molar-refractivity contribution in [2.24, 2.45) is 17.6 Å². The van der Waals surface area contributed by atoms with E-state index in [0.29, 0.717) is 18.5 Å². The molecular formula is C13H24N2O2. The zero-order chi connectivity index (χ0) is 12.1. The normalized spacial score (nSPS) is 31.1. The summed E-state index contributed by atoms with van der Waals surface area (Å²) >= 11 is 0. The van der Waals surface area contributed by atoms with Crippen molar-refractivity contribution in [3.63, 3.8) is 0 Å². The van der Waals surface area contributed by atoms with Gasteiger partial charge in [-0.1, -0.05) is 12.8 Å². The highest BCUT2D eigenvalue weighted by Gasteiger charge is 2.31. The van der Waals surface area contributed by atoms with Crippen molar-refractivity contribution in [1.82, 2.24) is 5.32 Å². The van der Waals surface area contributed by atoms with Gasteiger partial charge in [-0.3, -0.25) is 4.79 Å². The maximum absolute atomic E-state index is 12.2. The fourth-order valence-electron chi connectivity index (χ4n) is 2.99. The summed E-state index contributed by atoms with van der Waals surface area (Å²) in [7, 11) is 0. The van der Waals surface area contributed by atoms with Gasteiger partial charge in [0.1, 0.15) is 0 Å². The zero-order valence-corrected chi connectivity index (χ0v) is 10.5. The predicted octanol–water partition coefficient (Wildman–Crippen LogP) is 1.05. The summed E-state index contributed by atoms with van der Waals surface area (Å²) in [5, 5.41) is 3.18. The van der Waals surface area contributed by atoms with Crippen LogP contribution in [0.2, 0.25) is 0 Å². The van der Waals surface area contributed by atoms with Gasteiger partial charge in [-0.15, -0.1) is 0 Å². The monoisotopic (exact) mass is 240 g/mol. The minimum atomic E-state index is 0.150. The second-order valence-corrected chi connectivity index (χ2v) is 5.28. The first-order valence-electron chi connectivity index (χ1n) is 6.89. The van der Waals surface area contributed by atoms with E-state index in [0.717, 1.165) is 38.9 Å². The maximum Gasteiger partial charge on any atom is 0.223 e. The molecule has 2 fully saturated rings. The molecular weight excluding hydrogens is 216 g/mol. The third-order valence-corrected chi connectivity index (χ3v) is 4.12. The fourth-order valence-corrected chi connectivity index (χ4v) is 2.99. The molecule has 0 spiro atoms. The summed E-state index contributed by atoms with van der Waals surface area (Å²) in [5.41, 5.74) is 5.76. The number of hydrogen-bond donors (Lipinski definition) is 2. The molecule has 2 aliphatic rings. The van der Waals surface area contributed by atoms with Crippen molar-refractivity contribution in [3.05, 3.63) is 0 Å². The van der Waals surface area contributed by atoms with E-state index in [4.69, 9.17) is 10.5 Å². The first kappa shape index (κ1) is 12.8. The number of ether oxygens (including phenoxy) is 1. The van der Waals surface area contributed by atoms with Crippen LogP contribution >= 0.6 is 0 Å². The van der Waals surface area contributed by atoms with Gasteiger partial charge in [0.15, 0.2) is 0 Å². The topological polar surface area (TPSA) is 64.4 Å². The van der Waals surface area contributed by atoms with Gasteiger partial charge in [0, 0.05) is 25.2 Å². The average molecular weight is 240 g/mol. The van der Waals surface area contributed by atoms with E-state index in [-0.39, 0.29) is 11.8 Å². The van der Waals surface area contributed by atoms with Crippen molar-refractivity contribution >= 4 is 5.91 Å². The molecule has 0 bridgehead atoms.